The van der Waals surface area contributed by atoms with Gasteiger partial charge in [0, 0.05) is 12.2 Å². The van der Waals surface area contributed by atoms with Crippen LogP contribution in [0, 0.1) is 0 Å². The Balaban J connectivity index is 0.000000371. The average Bonchev–Trinajstić information content (AvgIpc) is 2.81. The topological polar surface area (TPSA) is 97.7 Å². The van der Waals surface area contributed by atoms with Crippen molar-refractivity contribution in [3.63, 3.8) is 0 Å². The van der Waals surface area contributed by atoms with E-state index < -0.39 is 22.1 Å². The Morgan fingerprint density at radius 1 is 1.09 bits per heavy atom. The van der Waals surface area contributed by atoms with Crippen molar-refractivity contribution in [3.8, 4) is 0 Å². The second-order valence-corrected chi connectivity index (χ2v) is 5.81. The number of esters is 2. The van der Waals surface area contributed by atoms with Gasteiger partial charge < -0.3 is 4.74 Å². The van der Waals surface area contributed by atoms with Crippen molar-refractivity contribution in [1.82, 2.24) is 0 Å². The molecule has 0 atom stereocenters. The summed E-state index contributed by atoms with van der Waals surface area (Å²) in [4.78, 5) is 19.8. The Kier molecular flexibility index (Phi) is 9.14. The molecule has 0 saturated heterocycles. The molecule has 0 bridgehead atoms. The third kappa shape index (κ3) is 14.2. The van der Waals surface area contributed by atoms with Gasteiger partial charge in [0.25, 0.3) is 10.1 Å². The Labute approximate surface area is 135 Å². The molecule has 0 aliphatic carbocycles. The molecule has 6 nitrogen and oxygen atoms in total. The molecule has 0 aromatic heterocycles. The molecule has 1 N–H and O–H groups in total. The van der Waals surface area contributed by atoms with Crippen molar-refractivity contribution in [2.75, 3.05) is 0 Å². The number of allylic oxidation sites excluding steroid dienone is 1. The zero-order valence-electron chi connectivity index (χ0n) is 12.8. The highest BCUT2D eigenvalue weighted by molar-refractivity contribution is 7.88. The fraction of sp³-hybridized carbons (Fsp3) is 0.125. The minimum absolute atomic E-state index is 0.579. The molecule has 0 radical (unpaired) electrons. The minimum atomic E-state index is -4.00. The minimum Gasteiger partial charge on any atom is -0.387 e. The van der Waals surface area contributed by atoms with Crippen LogP contribution in [0.2, 0.25) is 0 Å². The van der Waals surface area contributed by atoms with E-state index in [0.717, 1.165) is 23.1 Å². The van der Waals surface area contributed by atoms with Crippen LogP contribution in [-0.2, 0) is 24.4 Å². The second kappa shape index (κ2) is 10.3. The lowest BCUT2D eigenvalue weighted by atomic mass is 10.2. The molecule has 1 aliphatic heterocycles. The summed E-state index contributed by atoms with van der Waals surface area (Å²) in [7, 11) is -4.00. The van der Waals surface area contributed by atoms with Gasteiger partial charge in [-0.05, 0) is 25.5 Å². The van der Waals surface area contributed by atoms with Crippen LogP contribution in [0.25, 0.3) is 6.08 Å². The van der Waals surface area contributed by atoms with Crippen molar-refractivity contribution < 1.29 is 27.3 Å². The standard InChI is InChI=1S/C8H8O3S.C4H2O3.C4H8/c9-12(10,11)7-6-8-4-2-1-3-5-8;5-3-1-2-4(6)7-3;1-4(2)3/h1-7H,(H,9,10,11);1-2H;1H2,2-3H3. The van der Waals surface area contributed by atoms with Crippen LogP contribution in [0.15, 0.2) is 60.0 Å². The summed E-state index contributed by atoms with van der Waals surface area (Å²) in [6.07, 6.45) is 3.50. The summed E-state index contributed by atoms with van der Waals surface area (Å²) in [5.74, 6) is -1.16. The van der Waals surface area contributed by atoms with Gasteiger partial charge in [0.05, 0.1) is 5.41 Å². The number of rotatable bonds is 2. The van der Waals surface area contributed by atoms with E-state index >= 15 is 0 Å². The van der Waals surface area contributed by atoms with E-state index in [9.17, 15) is 18.0 Å². The first-order chi connectivity index (χ1) is 10.6. The maximum Gasteiger partial charge on any atom is 0.338 e. The van der Waals surface area contributed by atoms with Gasteiger partial charge in [-0.15, -0.1) is 6.58 Å². The summed E-state index contributed by atoms with van der Waals surface area (Å²) in [5, 5.41) is 0.752. The van der Waals surface area contributed by atoms with Crippen LogP contribution in [0.5, 0.6) is 0 Å². The average molecular weight is 338 g/mol. The van der Waals surface area contributed by atoms with Gasteiger partial charge in [-0.1, -0.05) is 35.9 Å². The summed E-state index contributed by atoms with van der Waals surface area (Å²) in [5.41, 5.74) is 1.90. The van der Waals surface area contributed by atoms with Gasteiger partial charge in [-0.2, -0.15) is 8.42 Å². The summed E-state index contributed by atoms with van der Waals surface area (Å²) in [6.45, 7) is 7.50. The number of cyclic esters (lactones) is 2. The highest BCUT2D eigenvalue weighted by Gasteiger charge is 2.10. The lowest BCUT2D eigenvalue weighted by molar-refractivity contribution is -0.150. The lowest BCUT2D eigenvalue weighted by Gasteiger charge is -1.89. The summed E-state index contributed by atoms with van der Waals surface area (Å²) >= 11 is 0. The number of ether oxygens (including phenoxy) is 1. The first-order valence-corrected chi connectivity index (χ1v) is 7.87. The van der Waals surface area contributed by atoms with Crippen LogP contribution in [0.3, 0.4) is 0 Å². The largest absolute Gasteiger partial charge is 0.387 e. The number of hydrogen-bond acceptors (Lipinski definition) is 5. The van der Waals surface area contributed by atoms with Crippen LogP contribution in [-0.4, -0.2) is 24.9 Å². The van der Waals surface area contributed by atoms with Crippen LogP contribution in [0.1, 0.15) is 19.4 Å². The number of carbonyl (C=O) groups excluding carboxylic acids is 2. The first-order valence-electron chi connectivity index (χ1n) is 6.37. The molecule has 1 aromatic carbocycles. The molecule has 1 heterocycles. The van der Waals surface area contributed by atoms with Gasteiger partial charge in [0.15, 0.2) is 0 Å². The summed E-state index contributed by atoms with van der Waals surface area (Å²) in [6, 6.07) is 8.86. The number of carbonyl (C=O) groups is 2. The zero-order chi connectivity index (χ0) is 17.9. The maximum atomic E-state index is 10.3. The molecule has 0 amide bonds. The molecule has 0 unspecified atom stereocenters. The zero-order valence-corrected chi connectivity index (χ0v) is 13.6. The molecule has 2 rings (SSSR count). The monoisotopic (exact) mass is 338 g/mol. The summed E-state index contributed by atoms with van der Waals surface area (Å²) < 4.78 is 32.9. The van der Waals surface area contributed by atoms with Gasteiger partial charge in [0.1, 0.15) is 0 Å². The molecule has 7 heteroatoms. The molecule has 0 spiro atoms. The highest BCUT2D eigenvalue weighted by atomic mass is 32.2. The molecule has 0 saturated carbocycles. The Morgan fingerprint density at radius 3 is 1.83 bits per heavy atom. The van der Waals surface area contributed by atoms with E-state index in [1.54, 1.807) is 24.3 Å². The normalized spacial score (nSPS) is 12.8. The SMILES string of the molecule is C=C(C)C.O=C1C=CC(=O)O1.O=S(=O)(O)C=Cc1ccccc1. The molecule has 0 fully saturated rings. The molecular weight excluding hydrogens is 320 g/mol. The fourth-order valence-electron chi connectivity index (χ4n) is 1.03. The quantitative estimate of drug-likeness (QED) is 0.385. The molecular formula is C16H18O6S. The van der Waals surface area contributed by atoms with Crippen molar-refractivity contribution in [3.05, 3.63) is 65.6 Å². The van der Waals surface area contributed by atoms with Gasteiger partial charge in [-0.25, -0.2) is 9.59 Å². The molecule has 1 aliphatic rings. The maximum absolute atomic E-state index is 10.3. The predicted molar refractivity (Wildman–Crippen MR) is 87.8 cm³/mol. The Hall–Kier alpha value is -2.51. The van der Waals surface area contributed by atoms with Crippen molar-refractivity contribution in [2.45, 2.75) is 13.8 Å². The Morgan fingerprint density at radius 2 is 1.52 bits per heavy atom. The van der Waals surface area contributed by atoms with Crippen molar-refractivity contribution in [1.29, 1.82) is 0 Å². The van der Waals surface area contributed by atoms with E-state index in [4.69, 9.17) is 4.55 Å². The van der Waals surface area contributed by atoms with E-state index in [1.165, 1.54) is 11.6 Å². The number of benzene rings is 1. The van der Waals surface area contributed by atoms with Gasteiger partial charge >= 0.3 is 11.9 Å². The van der Waals surface area contributed by atoms with E-state index in [2.05, 4.69) is 11.3 Å². The van der Waals surface area contributed by atoms with E-state index in [0.29, 0.717) is 0 Å². The predicted octanol–water partition coefficient (Wildman–Crippen LogP) is 2.75. The third-order valence-electron chi connectivity index (χ3n) is 1.79. The van der Waals surface area contributed by atoms with Crippen LogP contribution >= 0.6 is 0 Å². The van der Waals surface area contributed by atoms with Crippen molar-refractivity contribution in [2.24, 2.45) is 0 Å². The Bertz CT molecular complexity index is 679. The highest BCUT2D eigenvalue weighted by Crippen LogP contribution is 2.01. The van der Waals surface area contributed by atoms with E-state index in [1.807, 2.05) is 19.9 Å². The second-order valence-electron chi connectivity index (χ2n) is 4.51. The number of hydrogen-bond donors (Lipinski definition) is 1. The van der Waals surface area contributed by atoms with Gasteiger partial charge in [0.2, 0.25) is 0 Å². The smallest absolute Gasteiger partial charge is 0.338 e. The third-order valence-corrected chi connectivity index (χ3v) is 2.27. The molecule has 23 heavy (non-hydrogen) atoms. The van der Waals surface area contributed by atoms with Crippen LogP contribution in [0.4, 0.5) is 0 Å². The van der Waals surface area contributed by atoms with Crippen LogP contribution < -0.4 is 0 Å². The molecule has 1 aromatic rings. The first kappa shape index (κ1) is 20.5. The van der Waals surface area contributed by atoms with E-state index in [-0.39, 0.29) is 0 Å². The lowest BCUT2D eigenvalue weighted by Crippen LogP contribution is -1.96. The molecule has 124 valence electrons. The van der Waals surface area contributed by atoms with Gasteiger partial charge in [-0.3, -0.25) is 4.55 Å². The van der Waals surface area contributed by atoms with Crippen molar-refractivity contribution >= 4 is 28.1 Å². The fourth-order valence-corrected chi connectivity index (χ4v) is 1.36.